The van der Waals surface area contributed by atoms with E-state index in [2.05, 4.69) is 38.4 Å². The summed E-state index contributed by atoms with van der Waals surface area (Å²) in [6.45, 7) is 4.20. The normalized spacial score (nSPS) is 10.2. The van der Waals surface area contributed by atoms with Crippen LogP contribution in [0.4, 0.5) is 0 Å². The van der Waals surface area contributed by atoms with E-state index >= 15 is 0 Å². The highest BCUT2D eigenvalue weighted by Crippen LogP contribution is 2.36. The van der Waals surface area contributed by atoms with E-state index in [9.17, 15) is 0 Å². The Morgan fingerprint density at radius 2 is 1.25 bits per heavy atom. The zero-order chi connectivity index (χ0) is 14.7. The fraction of sp³-hybridized carbons (Fsp3) is 0.125. The van der Waals surface area contributed by atoms with E-state index in [-0.39, 0.29) is 0 Å². The van der Waals surface area contributed by atoms with Gasteiger partial charge in [-0.1, -0.05) is 38.4 Å². The molecule has 2 rings (SSSR count). The number of hydrogen-bond acceptors (Lipinski definition) is 2. The molecule has 2 aromatic carbocycles. The Labute approximate surface area is 135 Å². The van der Waals surface area contributed by atoms with Crippen LogP contribution in [-0.2, 0) is 0 Å². The molecule has 2 nitrogen and oxygen atoms in total. The van der Waals surface area contributed by atoms with E-state index in [4.69, 9.17) is 9.47 Å². The van der Waals surface area contributed by atoms with Gasteiger partial charge in [-0.2, -0.15) is 0 Å². The molecule has 2 aromatic rings. The average Bonchev–Trinajstić information content (AvgIpc) is 2.47. The van der Waals surface area contributed by atoms with Crippen LogP contribution in [0.25, 0.3) is 5.57 Å². The number of rotatable bonds is 4. The minimum Gasteiger partial charge on any atom is -0.497 e. The van der Waals surface area contributed by atoms with Gasteiger partial charge < -0.3 is 9.47 Å². The minimum absolute atomic E-state index is 0.795. The lowest BCUT2D eigenvalue weighted by Gasteiger charge is -2.13. The standard InChI is InChI=1S/C16H14Br2O2/c1-10(13-8-11(19-2)4-6-15(13)17)14-9-12(20-3)5-7-16(14)18/h4-9H,1H2,2-3H3. The Hall–Kier alpha value is -1.26. The van der Waals surface area contributed by atoms with Crippen LogP contribution in [0.5, 0.6) is 11.5 Å². The Morgan fingerprint density at radius 3 is 1.60 bits per heavy atom. The molecule has 0 aliphatic rings. The molecular formula is C16H14Br2O2. The fourth-order valence-corrected chi connectivity index (χ4v) is 2.84. The Bertz CT molecular complexity index is 595. The molecule has 0 N–H and O–H groups in total. The van der Waals surface area contributed by atoms with Gasteiger partial charge in [0.25, 0.3) is 0 Å². The van der Waals surface area contributed by atoms with Crippen molar-refractivity contribution in [1.29, 1.82) is 0 Å². The summed E-state index contributed by atoms with van der Waals surface area (Å²) in [5.74, 6) is 1.59. The van der Waals surface area contributed by atoms with Gasteiger partial charge in [-0.25, -0.2) is 0 Å². The van der Waals surface area contributed by atoms with Gasteiger partial charge >= 0.3 is 0 Å². The van der Waals surface area contributed by atoms with Crippen LogP contribution >= 0.6 is 31.9 Å². The van der Waals surface area contributed by atoms with Crippen molar-refractivity contribution < 1.29 is 9.47 Å². The highest BCUT2D eigenvalue weighted by molar-refractivity contribution is 9.10. The number of ether oxygens (including phenoxy) is 2. The van der Waals surface area contributed by atoms with Gasteiger partial charge in [0.2, 0.25) is 0 Å². The molecule has 0 aliphatic heterocycles. The van der Waals surface area contributed by atoms with Crippen LogP contribution < -0.4 is 9.47 Å². The van der Waals surface area contributed by atoms with Crippen LogP contribution in [0.2, 0.25) is 0 Å². The molecule has 0 heterocycles. The zero-order valence-electron chi connectivity index (χ0n) is 11.2. The summed E-state index contributed by atoms with van der Waals surface area (Å²) in [5.41, 5.74) is 2.86. The molecule has 20 heavy (non-hydrogen) atoms. The van der Waals surface area contributed by atoms with E-state index in [1.54, 1.807) is 14.2 Å². The summed E-state index contributed by atoms with van der Waals surface area (Å²) in [7, 11) is 3.30. The lowest BCUT2D eigenvalue weighted by molar-refractivity contribution is 0.414. The summed E-state index contributed by atoms with van der Waals surface area (Å²) < 4.78 is 12.5. The number of methoxy groups -OCH3 is 2. The number of benzene rings is 2. The molecule has 0 fully saturated rings. The third-order valence-electron chi connectivity index (χ3n) is 3.00. The van der Waals surface area contributed by atoms with Crippen molar-refractivity contribution in [3.8, 4) is 11.5 Å². The molecule has 0 aromatic heterocycles. The van der Waals surface area contributed by atoms with Crippen LogP contribution in [0.15, 0.2) is 51.9 Å². The SMILES string of the molecule is C=C(c1cc(OC)ccc1Br)c1cc(OC)ccc1Br. The monoisotopic (exact) mass is 396 g/mol. The molecule has 0 bridgehead atoms. The highest BCUT2D eigenvalue weighted by atomic mass is 79.9. The van der Waals surface area contributed by atoms with Crippen LogP contribution in [0.3, 0.4) is 0 Å². The molecular weight excluding hydrogens is 384 g/mol. The number of halogens is 2. The maximum atomic E-state index is 5.27. The molecule has 0 atom stereocenters. The van der Waals surface area contributed by atoms with Crippen molar-refractivity contribution in [2.75, 3.05) is 14.2 Å². The third-order valence-corrected chi connectivity index (χ3v) is 4.38. The first-order valence-corrected chi connectivity index (χ1v) is 7.52. The largest absolute Gasteiger partial charge is 0.497 e. The first kappa shape index (κ1) is 15.1. The van der Waals surface area contributed by atoms with Crippen LogP contribution in [0.1, 0.15) is 11.1 Å². The van der Waals surface area contributed by atoms with Gasteiger partial charge in [0, 0.05) is 8.95 Å². The first-order valence-electron chi connectivity index (χ1n) is 5.93. The van der Waals surface area contributed by atoms with Crippen molar-refractivity contribution >= 4 is 37.4 Å². The van der Waals surface area contributed by atoms with Crippen LogP contribution in [0, 0.1) is 0 Å². The smallest absolute Gasteiger partial charge is 0.119 e. The first-order chi connectivity index (χ1) is 9.56. The molecule has 0 radical (unpaired) electrons. The second kappa shape index (κ2) is 6.46. The molecule has 4 heteroatoms. The molecule has 0 amide bonds. The topological polar surface area (TPSA) is 18.5 Å². The van der Waals surface area contributed by atoms with Gasteiger partial charge in [0.05, 0.1) is 14.2 Å². The van der Waals surface area contributed by atoms with Crippen LogP contribution in [-0.4, -0.2) is 14.2 Å². The molecule has 0 spiro atoms. The molecule has 0 saturated heterocycles. The van der Waals surface area contributed by atoms with Gasteiger partial charge in [-0.3, -0.25) is 0 Å². The summed E-state index contributed by atoms with van der Waals surface area (Å²) >= 11 is 7.11. The third kappa shape index (κ3) is 3.07. The van der Waals surface area contributed by atoms with Crippen molar-refractivity contribution in [2.45, 2.75) is 0 Å². The van der Waals surface area contributed by atoms with Gasteiger partial charge in [0.15, 0.2) is 0 Å². The van der Waals surface area contributed by atoms with Crippen molar-refractivity contribution in [3.05, 3.63) is 63.0 Å². The summed E-state index contributed by atoms with van der Waals surface area (Å²) in [6, 6.07) is 11.6. The van der Waals surface area contributed by atoms with Gasteiger partial charge in [-0.15, -0.1) is 0 Å². The fourth-order valence-electron chi connectivity index (χ4n) is 1.87. The van der Waals surface area contributed by atoms with Crippen molar-refractivity contribution in [2.24, 2.45) is 0 Å². The zero-order valence-corrected chi connectivity index (χ0v) is 14.4. The van der Waals surface area contributed by atoms with Gasteiger partial charge in [0.1, 0.15) is 11.5 Å². The predicted molar refractivity (Wildman–Crippen MR) is 89.5 cm³/mol. The van der Waals surface area contributed by atoms with Gasteiger partial charge in [-0.05, 0) is 53.1 Å². The summed E-state index contributed by atoms with van der Waals surface area (Å²) in [5, 5.41) is 0. The number of hydrogen-bond donors (Lipinski definition) is 0. The van der Waals surface area contributed by atoms with E-state index in [1.807, 2.05) is 36.4 Å². The average molecular weight is 398 g/mol. The Morgan fingerprint density at radius 1 is 0.850 bits per heavy atom. The summed E-state index contributed by atoms with van der Waals surface area (Å²) in [6.07, 6.45) is 0. The summed E-state index contributed by atoms with van der Waals surface area (Å²) in [4.78, 5) is 0. The molecule has 104 valence electrons. The Balaban J connectivity index is 2.51. The van der Waals surface area contributed by atoms with E-state index in [0.29, 0.717) is 0 Å². The predicted octanol–water partition coefficient (Wildman–Crippen LogP) is 5.29. The quantitative estimate of drug-likeness (QED) is 0.697. The maximum Gasteiger partial charge on any atom is 0.119 e. The highest BCUT2D eigenvalue weighted by Gasteiger charge is 2.12. The van der Waals surface area contributed by atoms with Crippen molar-refractivity contribution in [3.63, 3.8) is 0 Å². The maximum absolute atomic E-state index is 5.27. The minimum atomic E-state index is 0.795. The van der Waals surface area contributed by atoms with E-state index in [1.165, 1.54) is 0 Å². The molecule has 0 saturated carbocycles. The Kier molecular flexibility index (Phi) is 4.89. The second-order valence-electron chi connectivity index (χ2n) is 4.17. The molecule has 0 aliphatic carbocycles. The molecule has 0 unspecified atom stereocenters. The van der Waals surface area contributed by atoms with Crippen molar-refractivity contribution in [1.82, 2.24) is 0 Å². The second-order valence-corrected chi connectivity index (χ2v) is 5.88. The van der Waals surface area contributed by atoms with E-state index < -0.39 is 0 Å². The van der Waals surface area contributed by atoms with E-state index in [0.717, 1.165) is 37.1 Å². The lowest BCUT2D eigenvalue weighted by Crippen LogP contribution is -1.93. The lowest BCUT2D eigenvalue weighted by atomic mass is 9.99.